The molecule has 0 unspecified atom stereocenters. The number of rotatable bonds is 10. The lowest BCUT2D eigenvalue weighted by atomic mass is 10.1. The number of benzene rings is 3. The highest BCUT2D eigenvalue weighted by atomic mass is 32.2. The maximum absolute atomic E-state index is 13.5. The summed E-state index contributed by atoms with van der Waals surface area (Å²) < 4.78 is 38.9. The van der Waals surface area contributed by atoms with Crippen molar-refractivity contribution < 1.29 is 27.5 Å². The average molecular weight is 565 g/mol. The molecule has 3 aromatic rings. The Balaban J connectivity index is 1.38. The molecule has 0 saturated carbocycles. The van der Waals surface area contributed by atoms with Gasteiger partial charge in [0.2, 0.25) is 0 Å². The van der Waals surface area contributed by atoms with E-state index in [1.807, 2.05) is 13.0 Å². The molecule has 11 heteroatoms. The SMILES string of the molecule is Cc1ccc(N(CC(=O)N/N=C\c2ccc(OCC(=O)N3CCOCC3)cc2)S(=O)(=O)c2ccccc2)c(C)c1. The monoisotopic (exact) mass is 564 g/mol. The lowest BCUT2D eigenvalue weighted by molar-refractivity contribution is -0.137. The molecule has 0 bridgehead atoms. The summed E-state index contributed by atoms with van der Waals surface area (Å²) in [6, 6.07) is 20.2. The summed E-state index contributed by atoms with van der Waals surface area (Å²) in [7, 11) is -4.01. The van der Waals surface area contributed by atoms with Crippen molar-refractivity contribution in [3.63, 3.8) is 0 Å². The summed E-state index contributed by atoms with van der Waals surface area (Å²) in [4.78, 5) is 26.8. The first-order chi connectivity index (χ1) is 19.2. The normalized spacial score (nSPS) is 13.7. The lowest BCUT2D eigenvalue weighted by Gasteiger charge is -2.26. The summed E-state index contributed by atoms with van der Waals surface area (Å²) in [5.74, 6) is -0.170. The zero-order chi connectivity index (χ0) is 28.5. The second-order valence-electron chi connectivity index (χ2n) is 9.26. The van der Waals surface area contributed by atoms with Crippen molar-refractivity contribution in [1.82, 2.24) is 10.3 Å². The molecule has 0 aromatic heterocycles. The van der Waals surface area contributed by atoms with Gasteiger partial charge in [-0.25, -0.2) is 13.8 Å². The van der Waals surface area contributed by atoms with E-state index in [-0.39, 0.29) is 17.4 Å². The topological polar surface area (TPSA) is 118 Å². The van der Waals surface area contributed by atoms with E-state index in [9.17, 15) is 18.0 Å². The van der Waals surface area contributed by atoms with Gasteiger partial charge < -0.3 is 14.4 Å². The van der Waals surface area contributed by atoms with Crippen LogP contribution < -0.4 is 14.5 Å². The Hall–Kier alpha value is -4.22. The highest BCUT2D eigenvalue weighted by Gasteiger charge is 2.28. The van der Waals surface area contributed by atoms with Crippen molar-refractivity contribution >= 4 is 33.7 Å². The van der Waals surface area contributed by atoms with Gasteiger partial charge in [-0.05, 0) is 67.4 Å². The zero-order valence-corrected chi connectivity index (χ0v) is 23.3. The summed E-state index contributed by atoms with van der Waals surface area (Å²) in [5, 5.41) is 3.99. The Morgan fingerprint density at radius 1 is 1.02 bits per heavy atom. The van der Waals surface area contributed by atoms with Crippen LogP contribution in [0.5, 0.6) is 5.75 Å². The Morgan fingerprint density at radius 2 is 1.73 bits per heavy atom. The number of carbonyl (C=O) groups is 2. The molecule has 10 nitrogen and oxygen atoms in total. The minimum atomic E-state index is -4.01. The van der Waals surface area contributed by atoms with Crippen LogP contribution in [-0.4, -0.2) is 70.8 Å². The van der Waals surface area contributed by atoms with Crippen LogP contribution in [0.3, 0.4) is 0 Å². The fraction of sp³-hybridized carbons (Fsp3) is 0.276. The number of nitrogens with zero attached hydrogens (tertiary/aromatic N) is 3. The number of amides is 2. The fourth-order valence-electron chi connectivity index (χ4n) is 4.15. The summed E-state index contributed by atoms with van der Waals surface area (Å²) in [6.07, 6.45) is 1.44. The first-order valence-electron chi connectivity index (χ1n) is 12.8. The molecule has 3 aromatic carbocycles. The van der Waals surface area contributed by atoms with Gasteiger partial charge in [-0.15, -0.1) is 0 Å². The lowest BCUT2D eigenvalue weighted by Crippen LogP contribution is -2.42. The molecule has 1 heterocycles. The predicted octanol–water partition coefficient (Wildman–Crippen LogP) is 2.89. The second kappa shape index (κ2) is 13.2. The van der Waals surface area contributed by atoms with Gasteiger partial charge in [0.15, 0.2) is 6.61 Å². The van der Waals surface area contributed by atoms with E-state index in [1.54, 1.807) is 66.4 Å². The van der Waals surface area contributed by atoms with Gasteiger partial charge in [-0.3, -0.25) is 13.9 Å². The number of anilines is 1. The summed E-state index contributed by atoms with van der Waals surface area (Å²) in [6.45, 7) is 5.38. The molecular formula is C29H32N4O6S. The van der Waals surface area contributed by atoms with Crippen LogP contribution in [0.2, 0.25) is 0 Å². The maximum Gasteiger partial charge on any atom is 0.264 e. The molecule has 210 valence electrons. The minimum absolute atomic E-state index is 0.0632. The number of hydrazone groups is 1. The number of carbonyl (C=O) groups excluding carboxylic acids is 2. The van der Waals surface area contributed by atoms with E-state index in [2.05, 4.69) is 10.5 Å². The molecule has 1 saturated heterocycles. The fourth-order valence-corrected chi connectivity index (χ4v) is 5.65. The second-order valence-corrected chi connectivity index (χ2v) is 11.1. The molecule has 0 atom stereocenters. The summed E-state index contributed by atoms with van der Waals surface area (Å²) in [5.41, 5.74) is 5.20. The van der Waals surface area contributed by atoms with Gasteiger partial charge in [0.25, 0.3) is 21.8 Å². The predicted molar refractivity (Wildman–Crippen MR) is 152 cm³/mol. The first kappa shape index (κ1) is 28.8. The molecule has 0 aliphatic carbocycles. The smallest absolute Gasteiger partial charge is 0.264 e. The van der Waals surface area contributed by atoms with Crippen LogP contribution >= 0.6 is 0 Å². The Bertz CT molecular complexity index is 1450. The van der Waals surface area contributed by atoms with E-state index >= 15 is 0 Å². The molecule has 1 N–H and O–H groups in total. The molecule has 1 aliphatic heterocycles. The summed E-state index contributed by atoms with van der Waals surface area (Å²) >= 11 is 0. The Labute approximate surface area is 234 Å². The van der Waals surface area contributed by atoms with E-state index in [1.165, 1.54) is 18.3 Å². The van der Waals surface area contributed by atoms with Crippen LogP contribution in [-0.2, 0) is 24.3 Å². The van der Waals surface area contributed by atoms with Gasteiger partial charge in [0.1, 0.15) is 12.3 Å². The number of morpholine rings is 1. The molecule has 4 rings (SSSR count). The van der Waals surface area contributed by atoms with Gasteiger partial charge in [-0.1, -0.05) is 35.9 Å². The molecule has 0 radical (unpaired) electrons. The third-order valence-electron chi connectivity index (χ3n) is 6.25. The third-order valence-corrected chi connectivity index (χ3v) is 8.02. The molecule has 40 heavy (non-hydrogen) atoms. The number of nitrogens with one attached hydrogen (secondary N) is 1. The van der Waals surface area contributed by atoms with E-state index < -0.39 is 22.5 Å². The number of hydrogen-bond donors (Lipinski definition) is 1. The quantitative estimate of drug-likeness (QED) is 0.299. The number of ether oxygens (including phenoxy) is 2. The van der Waals surface area contributed by atoms with Gasteiger partial charge >= 0.3 is 0 Å². The van der Waals surface area contributed by atoms with Crippen LogP contribution in [0.1, 0.15) is 16.7 Å². The molecule has 2 amide bonds. The standard InChI is InChI=1S/C29H32N4O6S/c1-22-8-13-27(23(2)18-22)33(40(36,37)26-6-4-3-5-7-26)20-28(34)31-30-19-24-9-11-25(12-10-24)39-21-29(35)32-14-16-38-17-15-32/h3-13,18-19H,14-17,20-21H2,1-2H3,(H,31,34)/b30-19-. The van der Waals surface area contributed by atoms with E-state index in [4.69, 9.17) is 9.47 Å². The molecule has 0 spiro atoms. The number of sulfonamides is 1. The zero-order valence-electron chi connectivity index (χ0n) is 22.4. The average Bonchev–Trinajstić information content (AvgIpc) is 2.96. The molecule has 1 aliphatic rings. The van der Waals surface area contributed by atoms with Crippen molar-refractivity contribution in [3.8, 4) is 5.75 Å². The highest BCUT2D eigenvalue weighted by molar-refractivity contribution is 7.92. The van der Waals surface area contributed by atoms with E-state index in [0.29, 0.717) is 43.3 Å². The van der Waals surface area contributed by atoms with Crippen molar-refractivity contribution in [2.75, 3.05) is 43.8 Å². The highest BCUT2D eigenvalue weighted by Crippen LogP contribution is 2.27. The Kier molecular flexibility index (Phi) is 9.52. The largest absolute Gasteiger partial charge is 0.484 e. The Morgan fingerprint density at radius 3 is 2.40 bits per heavy atom. The van der Waals surface area contributed by atoms with E-state index in [0.717, 1.165) is 15.4 Å². The van der Waals surface area contributed by atoms with Gasteiger partial charge in [0, 0.05) is 13.1 Å². The van der Waals surface area contributed by atoms with Crippen LogP contribution in [0.25, 0.3) is 0 Å². The molecular weight excluding hydrogens is 532 g/mol. The van der Waals surface area contributed by atoms with Crippen LogP contribution in [0.15, 0.2) is 82.8 Å². The molecule has 1 fully saturated rings. The first-order valence-corrected chi connectivity index (χ1v) is 14.2. The minimum Gasteiger partial charge on any atom is -0.484 e. The van der Waals surface area contributed by atoms with Crippen molar-refractivity contribution in [3.05, 3.63) is 89.5 Å². The van der Waals surface area contributed by atoms with Crippen LogP contribution in [0.4, 0.5) is 5.69 Å². The van der Waals surface area contributed by atoms with Crippen molar-refractivity contribution in [2.45, 2.75) is 18.7 Å². The number of hydrogen-bond acceptors (Lipinski definition) is 7. The van der Waals surface area contributed by atoms with Crippen molar-refractivity contribution in [1.29, 1.82) is 0 Å². The number of aryl methyl sites for hydroxylation is 2. The third kappa shape index (κ3) is 7.45. The maximum atomic E-state index is 13.5. The van der Waals surface area contributed by atoms with Crippen LogP contribution in [0, 0.1) is 13.8 Å². The van der Waals surface area contributed by atoms with Crippen molar-refractivity contribution in [2.24, 2.45) is 5.10 Å². The van der Waals surface area contributed by atoms with Gasteiger partial charge in [0.05, 0.1) is 30.0 Å². The van der Waals surface area contributed by atoms with Gasteiger partial charge in [-0.2, -0.15) is 5.10 Å².